The van der Waals surface area contributed by atoms with Crippen molar-refractivity contribution in [2.24, 2.45) is 5.92 Å². The van der Waals surface area contributed by atoms with Gasteiger partial charge in [0.1, 0.15) is 5.82 Å². The SMILES string of the molecule is CCCCCNC(=O)C1CCCN(c2cnccn2)C1. The summed E-state index contributed by atoms with van der Waals surface area (Å²) in [5.74, 6) is 1.14. The van der Waals surface area contributed by atoms with Crippen LogP contribution in [0.1, 0.15) is 39.0 Å². The molecule has 20 heavy (non-hydrogen) atoms. The number of rotatable bonds is 6. The van der Waals surface area contributed by atoms with Gasteiger partial charge in [-0.05, 0) is 19.3 Å². The summed E-state index contributed by atoms with van der Waals surface area (Å²) in [6.07, 6.45) is 10.6. The molecule has 1 amide bonds. The third-order valence-corrected chi connectivity index (χ3v) is 3.75. The van der Waals surface area contributed by atoms with Gasteiger partial charge in [-0.1, -0.05) is 19.8 Å². The number of nitrogens with one attached hydrogen (secondary N) is 1. The number of anilines is 1. The zero-order chi connectivity index (χ0) is 14.2. The van der Waals surface area contributed by atoms with Crippen LogP contribution in [0, 0.1) is 5.92 Å². The van der Waals surface area contributed by atoms with Gasteiger partial charge >= 0.3 is 0 Å². The van der Waals surface area contributed by atoms with Gasteiger partial charge in [-0.25, -0.2) is 4.98 Å². The second kappa shape index (κ2) is 7.82. The van der Waals surface area contributed by atoms with E-state index in [0.29, 0.717) is 0 Å². The fourth-order valence-corrected chi connectivity index (χ4v) is 2.58. The summed E-state index contributed by atoms with van der Waals surface area (Å²) in [4.78, 5) is 22.7. The van der Waals surface area contributed by atoms with Gasteiger partial charge in [0, 0.05) is 32.0 Å². The molecule has 1 aliphatic heterocycles. The minimum Gasteiger partial charge on any atom is -0.356 e. The van der Waals surface area contributed by atoms with E-state index in [2.05, 4.69) is 27.1 Å². The average Bonchev–Trinajstić information content (AvgIpc) is 2.52. The highest BCUT2D eigenvalue weighted by Gasteiger charge is 2.26. The normalized spacial score (nSPS) is 18.9. The maximum atomic E-state index is 12.2. The average molecular weight is 276 g/mol. The minimum absolute atomic E-state index is 0.0763. The van der Waals surface area contributed by atoms with Crippen molar-refractivity contribution < 1.29 is 4.79 Å². The molecule has 0 spiro atoms. The maximum absolute atomic E-state index is 12.2. The highest BCUT2D eigenvalue weighted by Crippen LogP contribution is 2.20. The number of hydrogen-bond acceptors (Lipinski definition) is 4. The van der Waals surface area contributed by atoms with E-state index in [0.717, 1.165) is 44.7 Å². The molecule has 1 aromatic heterocycles. The quantitative estimate of drug-likeness (QED) is 0.807. The lowest BCUT2D eigenvalue weighted by Crippen LogP contribution is -2.43. The third kappa shape index (κ3) is 4.18. The van der Waals surface area contributed by atoms with Crippen molar-refractivity contribution in [3.05, 3.63) is 18.6 Å². The van der Waals surface area contributed by atoms with Crippen LogP contribution in [-0.2, 0) is 4.79 Å². The predicted molar refractivity (Wildman–Crippen MR) is 79.5 cm³/mol. The molecule has 1 saturated heterocycles. The van der Waals surface area contributed by atoms with Gasteiger partial charge < -0.3 is 10.2 Å². The Bertz CT molecular complexity index is 410. The Balaban J connectivity index is 1.82. The van der Waals surface area contributed by atoms with Gasteiger partial charge in [-0.2, -0.15) is 0 Å². The van der Waals surface area contributed by atoms with Gasteiger partial charge in [0.2, 0.25) is 5.91 Å². The zero-order valence-corrected chi connectivity index (χ0v) is 12.2. The maximum Gasteiger partial charge on any atom is 0.224 e. The Morgan fingerprint density at radius 3 is 3.10 bits per heavy atom. The molecule has 1 N–H and O–H groups in total. The second-order valence-corrected chi connectivity index (χ2v) is 5.35. The van der Waals surface area contributed by atoms with Gasteiger partial charge in [0.25, 0.3) is 0 Å². The van der Waals surface area contributed by atoms with Crippen LogP contribution in [0.3, 0.4) is 0 Å². The molecule has 1 aliphatic rings. The van der Waals surface area contributed by atoms with Crippen LogP contribution in [0.15, 0.2) is 18.6 Å². The summed E-state index contributed by atoms with van der Waals surface area (Å²) >= 11 is 0. The number of nitrogens with zero attached hydrogens (tertiary/aromatic N) is 3. The summed E-state index contributed by atoms with van der Waals surface area (Å²) in [6, 6.07) is 0. The molecule has 0 bridgehead atoms. The van der Waals surface area contributed by atoms with Crippen molar-refractivity contribution in [2.75, 3.05) is 24.5 Å². The largest absolute Gasteiger partial charge is 0.356 e. The van der Waals surface area contributed by atoms with Crippen LogP contribution < -0.4 is 10.2 Å². The molecule has 110 valence electrons. The van der Waals surface area contributed by atoms with Gasteiger partial charge in [-0.3, -0.25) is 9.78 Å². The molecular weight excluding hydrogens is 252 g/mol. The Hall–Kier alpha value is -1.65. The molecule has 5 nitrogen and oxygen atoms in total. The van der Waals surface area contributed by atoms with E-state index in [-0.39, 0.29) is 11.8 Å². The Labute approximate surface area is 120 Å². The predicted octanol–water partition coefficient (Wildman–Crippen LogP) is 2.00. The number of unbranched alkanes of at least 4 members (excludes halogenated alkanes) is 2. The van der Waals surface area contributed by atoms with E-state index >= 15 is 0 Å². The van der Waals surface area contributed by atoms with Crippen molar-refractivity contribution in [3.63, 3.8) is 0 Å². The Kier molecular flexibility index (Phi) is 5.77. The number of carbonyl (C=O) groups excluding carboxylic acids is 1. The first-order chi connectivity index (χ1) is 9.81. The number of amides is 1. The van der Waals surface area contributed by atoms with Crippen LogP contribution in [0.25, 0.3) is 0 Å². The van der Waals surface area contributed by atoms with E-state index in [9.17, 15) is 4.79 Å². The number of piperidine rings is 1. The molecule has 1 unspecified atom stereocenters. The molecule has 0 saturated carbocycles. The molecule has 0 radical (unpaired) electrons. The lowest BCUT2D eigenvalue weighted by atomic mass is 9.97. The Morgan fingerprint density at radius 2 is 2.35 bits per heavy atom. The van der Waals surface area contributed by atoms with E-state index in [1.165, 1.54) is 12.8 Å². The van der Waals surface area contributed by atoms with Crippen LogP contribution in [0.4, 0.5) is 5.82 Å². The Morgan fingerprint density at radius 1 is 1.45 bits per heavy atom. The van der Waals surface area contributed by atoms with Crippen LogP contribution in [-0.4, -0.2) is 35.5 Å². The summed E-state index contributed by atoms with van der Waals surface area (Å²) in [5, 5.41) is 3.06. The zero-order valence-electron chi connectivity index (χ0n) is 12.2. The molecule has 1 fully saturated rings. The van der Waals surface area contributed by atoms with E-state index < -0.39 is 0 Å². The first-order valence-corrected chi connectivity index (χ1v) is 7.60. The molecule has 2 rings (SSSR count). The van der Waals surface area contributed by atoms with Gasteiger partial charge in [0.15, 0.2) is 0 Å². The minimum atomic E-state index is 0.0763. The van der Waals surface area contributed by atoms with Crippen molar-refractivity contribution in [3.8, 4) is 0 Å². The monoisotopic (exact) mass is 276 g/mol. The van der Waals surface area contributed by atoms with Crippen molar-refractivity contribution >= 4 is 11.7 Å². The summed E-state index contributed by atoms with van der Waals surface area (Å²) < 4.78 is 0. The topological polar surface area (TPSA) is 58.1 Å². The van der Waals surface area contributed by atoms with E-state index in [4.69, 9.17) is 0 Å². The smallest absolute Gasteiger partial charge is 0.224 e. The highest BCUT2D eigenvalue weighted by atomic mass is 16.1. The molecule has 1 atom stereocenters. The summed E-state index contributed by atoms with van der Waals surface area (Å²) in [7, 11) is 0. The number of carbonyl (C=O) groups is 1. The van der Waals surface area contributed by atoms with Crippen molar-refractivity contribution in [1.82, 2.24) is 15.3 Å². The number of aromatic nitrogens is 2. The van der Waals surface area contributed by atoms with Crippen LogP contribution in [0.2, 0.25) is 0 Å². The molecule has 5 heteroatoms. The van der Waals surface area contributed by atoms with Crippen molar-refractivity contribution in [2.45, 2.75) is 39.0 Å². The van der Waals surface area contributed by atoms with Crippen molar-refractivity contribution in [1.29, 1.82) is 0 Å². The third-order valence-electron chi connectivity index (χ3n) is 3.75. The fourth-order valence-electron chi connectivity index (χ4n) is 2.58. The number of hydrogen-bond donors (Lipinski definition) is 1. The van der Waals surface area contributed by atoms with Crippen LogP contribution >= 0.6 is 0 Å². The molecule has 2 heterocycles. The summed E-state index contributed by atoms with van der Waals surface area (Å²) in [5.41, 5.74) is 0. The standard InChI is InChI=1S/C15H24N4O/c1-2-3-4-7-18-15(20)13-6-5-10-19(12-13)14-11-16-8-9-17-14/h8-9,11,13H,2-7,10,12H2,1H3,(H,18,20). The molecule has 1 aromatic rings. The first kappa shape index (κ1) is 14.8. The van der Waals surface area contributed by atoms with Gasteiger partial charge in [-0.15, -0.1) is 0 Å². The molecule has 0 aromatic carbocycles. The fraction of sp³-hybridized carbons (Fsp3) is 0.667. The van der Waals surface area contributed by atoms with E-state index in [1.54, 1.807) is 18.6 Å². The van der Waals surface area contributed by atoms with Gasteiger partial charge in [0.05, 0.1) is 12.1 Å². The lowest BCUT2D eigenvalue weighted by Gasteiger charge is -2.32. The second-order valence-electron chi connectivity index (χ2n) is 5.35. The first-order valence-electron chi connectivity index (χ1n) is 7.60. The summed E-state index contributed by atoms with van der Waals surface area (Å²) in [6.45, 7) is 4.67. The molecular formula is C15H24N4O. The van der Waals surface area contributed by atoms with Crippen LogP contribution in [0.5, 0.6) is 0 Å². The molecule has 0 aliphatic carbocycles. The highest BCUT2D eigenvalue weighted by molar-refractivity contribution is 5.79. The van der Waals surface area contributed by atoms with E-state index in [1.807, 2.05) is 0 Å². The lowest BCUT2D eigenvalue weighted by molar-refractivity contribution is -0.125.